The number of amides is 1. The monoisotopic (exact) mass is 391 g/mol. The van der Waals surface area contributed by atoms with Crippen LogP contribution in [-0.2, 0) is 17.6 Å². The number of hydrogen-bond donors (Lipinski definition) is 1. The van der Waals surface area contributed by atoms with Gasteiger partial charge in [0.05, 0.1) is 0 Å². The Bertz CT molecular complexity index is 748. The third kappa shape index (κ3) is 4.98. The first-order valence-electron chi connectivity index (χ1n) is 9.25. The molecule has 1 aromatic carbocycles. The molecule has 1 heterocycles. The van der Waals surface area contributed by atoms with Gasteiger partial charge in [-0.15, -0.1) is 10.2 Å². The van der Waals surface area contributed by atoms with Crippen molar-refractivity contribution < 1.29 is 9.53 Å². The second-order valence-electron chi connectivity index (χ2n) is 6.36. The molecule has 1 amide bonds. The van der Waals surface area contributed by atoms with E-state index in [0.717, 1.165) is 35.1 Å². The Hall–Kier alpha value is -1.60. The summed E-state index contributed by atoms with van der Waals surface area (Å²) in [6.45, 7) is 4.08. The van der Waals surface area contributed by atoms with Crippen molar-refractivity contribution in [2.45, 2.75) is 62.8 Å². The highest BCUT2D eigenvalue weighted by Gasteiger charge is 2.21. The average molecular weight is 392 g/mol. The summed E-state index contributed by atoms with van der Waals surface area (Å²) in [7, 11) is 0. The van der Waals surface area contributed by atoms with Crippen LogP contribution in [0, 0.1) is 0 Å². The second-order valence-corrected chi connectivity index (χ2v) is 8.68. The molecular weight excluding hydrogens is 366 g/mol. The molecule has 0 saturated carbocycles. The van der Waals surface area contributed by atoms with Gasteiger partial charge in [-0.05, 0) is 61.8 Å². The SMILES string of the molecule is CCCSc1nnc(NC(=O)[C@@H](CC)Oc2ccc3c(c2)CCCC3)s1. The summed E-state index contributed by atoms with van der Waals surface area (Å²) in [5.74, 6) is 1.60. The van der Waals surface area contributed by atoms with Crippen LogP contribution in [0.25, 0.3) is 0 Å². The van der Waals surface area contributed by atoms with E-state index < -0.39 is 6.10 Å². The number of carbonyl (C=O) groups is 1. The molecule has 0 spiro atoms. The lowest BCUT2D eigenvalue weighted by Gasteiger charge is -2.20. The molecule has 1 aliphatic rings. The minimum Gasteiger partial charge on any atom is -0.481 e. The van der Waals surface area contributed by atoms with Crippen molar-refractivity contribution in [3.63, 3.8) is 0 Å². The molecule has 0 saturated heterocycles. The van der Waals surface area contributed by atoms with Crippen LogP contribution in [0.15, 0.2) is 22.5 Å². The number of carbonyl (C=O) groups excluding carboxylic acids is 1. The van der Waals surface area contributed by atoms with Crippen molar-refractivity contribution in [3.8, 4) is 5.75 Å². The summed E-state index contributed by atoms with van der Waals surface area (Å²) < 4.78 is 6.85. The lowest BCUT2D eigenvalue weighted by molar-refractivity contribution is -0.122. The number of anilines is 1. The minimum absolute atomic E-state index is 0.173. The molecule has 0 radical (unpaired) electrons. The smallest absolute Gasteiger partial charge is 0.267 e. The van der Waals surface area contributed by atoms with Crippen LogP contribution < -0.4 is 10.1 Å². The van der Waals surface area contributed by atoms with E-state index in [1.807, 2.05) is 13.0 Å². The quantitative estimate of drug-likeness (QED) is 0.521. The van der Waals surface area contributed by atoms with Gasteiger partial charge in [0, 0.05) is 5.75 Å². The Balaban J connectivity index is 1.61. The van der Waals surface area contributed by atoms with Crippen LogP contribution in [0.5, 0.6) is 5.75 Å². The average Bonchev–Trinajstić information content (AvgIpc) is 3.11. The van der Waals surface area contributed by atoms with Crippen LogP contribution in [0.4, 0.5) is 5.13 Å². The molecule has 1 aromatic heterocycles. The lowest BCUT2D eigenvalue weighted by atomic mass is 9.92. The van der Waals surface area contributed by atoms with E-state index >= 15 is 0 Å². The van der Waals surface area contributed by atoms with E-state index in [4.69, 9.17) is 4.74 Å². The maximum atomic E-state index is 12.6. The Morgan fingerprint density at radius 1 is 1.27 bits per heavy atom. The van der Waals surface area contributed by atoms with Crippen LogP contribution >= 0.6 is 23.1 Å². The molecule has 0 bridgehead atoms. The first-order valence-corrected chi connectivity index (χ1v) is 11.1. The summed E-state index contributed by atoms with van der Waals surface area (Å²) >= 11 is 3.07. The number of aromatic nitrogens is 2. The molecule has 1 aliphatic carbocycles. The first-order chi connectivity index (χ1) is 12.7. The predicted molar refractivity (Wildman–Crippen MR) is 107 cm³/mol. The normalized spacial score (nSPS) is 14.5. The summed E-state index contributed by atoms with van der Waals surface area (Å²) in [5.41, 5.74) is 2.76. The summed E-state index contributed by atoms with van der Waals surface area (Å²) in [6.07, 6.45) is 5.86. The number of thioether (sulfide) groups is 1. The van der Waals surface area contributed by atoms with Gasteiger partial charge in [-0.25, -0.2) is 0 Å². The zero-order valence-electron chi connectivity index (χ0n) is 15.3. The fourth-order valence-corrected chi connectivity index (χ4v) is 4.64. The van der Waals surface area contributed by atoms with E-state index in [-0.39, 0.29) is 5.91 Å². The Morgan fingerprint density at radius 2 is 2.08 bits per heavy atom. The number of nitrogens with one attached hydrogen (secondary N) is 1. The van der Waals surface area contributed by atoms with E-state index in [1.165, 1.54) is 35.3 Å². The van der Waals surface area contributed by atoms with Gasteiger partial charge in [-0.1, -0.05) is 43.0 Å². The number of hydrogen-bond acceptors (Lipinski definition) is 6. The molecule has 26 heavy (non-hydrogen) atoms. The zero-order valence-corrected chi connectivity index (χ0v) is 16.9. The molecule has 2 aromatic rings. The van der Waals surface area contributed by atoms with Gasteiger partial charge in [0.1, 0.15) is 5.75 Å². The van der Waals surface area contributed by atoms with Crippen molar-refractivity contribution in [1.29, 1.82) is 0 Å². The van der Waals surface area contributed by atoms with Gasteiger partial charge in [-0.3, -0.25) is 10.1 Å². The molecule has 3 rings (SSSR count). The van der Waals surface area contributed by atoms with Crippen LogP contribution in [0.1, 0.15) is 50.7 Å². The number of aryl methyl sites for hydroxylation is 2. The van der Waals surface area contributed by atoms with Crippen LogP contribution in [-0.4, -0.2) is 28.0 Å². The topological polar surface area (TPSA) is 64.1 Å². The summed E-state index contributed by atoms with van der Waals surface area (Å²) in [6, 6.07) is 6.20. The Labute approximate surface area is 162 Å². The van der Waals surface area contributed by atoms with Gasteiger partial charge >= 0.3 is 0 Å². The number of ether oxygens (including phenoxy) is 1. The molecule has 0 fully saturated rings. The molecule has 5 nitrogen and oxygen atoms in total. The predicted octanol–water partition coefficient (Wildman–Crippen LogP) is 4.72. The van der Waals surface area contributed by atoms with Gasteiger partial charge in [0.25, 0.3) is 5.91 Å². The molecule has 0 unspecified atom stereocenters. The summed E-state index contributed by atoms with van der Waals surface area (Å²) in [4.78, 5) is 12.6. The highest BCUT2D eigenvalue weighted by atomic mass is 32.2. The Kier molecular flexibility index (Phi) is 6.91. The second kappa shape index (κ2) is 9.37. The Morgan fingerprint density at radius 3 is 2.85 bits per heavy atom. The molecule has 0 aliphatic heterocycles. The number of fused-ring (bicyclic) bond motifs is 1. The molecular formula is C19H25N3O2S2. The number of nitrogens with zero attached hydrogens (tertiary/aromatic N) is 2. The highest BCUT2D eigenvalue weighted by molar-refractivity contribution is 8.01. The fourth-order valence-electron chi connectivity index (χ4n) is 2.96. The first kappa shape index (κ1) is 19.2. The van der Waals surface area contributed by atoms with Crippen molar-refractivity contribution in [3.05, 3.63) is 29.3 Å². The maximum absolute atomic E-state index is 12.6. The van der Waals surface area contributed by atoms with Crippen molar-refractivity contribution in [2.75, 3.05) is 11.1 Å². The number of benzene rings is 1. The van der Waals surface area contributed by atoms with E-state index in [0.29, 0.717) is 11.6 Å². The molecule has 1 N–H and O–H groups in total. The van der Waals surface area contributed by atoms with E-state index in [1.54, 1.807) is 11.8 Å². The van der Waals surface area contributed by atoms with Crippen LogP contribution in [0.2, 0.25) is 0 Å². The van der Waals surface area contributed by atoms with E-state index in [9.17, 15) is 4.79 Å². The van der Waals surface area contributed by atoms with Gasteiger partial charge in [-0.2, -0.15) is 0 Å². The summed E-state index contributed by atoms with van der Waals surface area (Å²) in [5, 5.41) is 11.5. The number of rotatable bonds is 8. The van der Waals surface area contributed by atoms with E-state index in [2.05, 4.69) is 34.6 Å². The lowest BCUT2D eigenvalue weighted by Crippen LogP contribution is -2.32. The third-order valence-electron chi connectivity index (χ3n) is 4.33. The van der Waals surface area contributed by atoms with Crippen LogP contribution in [0.3, 0.4) is 0 Å². The largest absolute Gasteiger partial charge is 0.481 e. The standard InChI is InChI=1S/C19H25N3O2S2/c1-3-11-25-19-22-21-18(26-19)20-17(23)16(4-2)24-15-10-9-13-7-5-6-8-14(13)12-15/h9-10,12,16H,3-8,11H2,1-2H3,(H,20,21,23)/t16-/m1/s1. The fraction of sp³-hybridized carbons (Fsp3) is 0.526. The zero-order chi connectivity index (χ0) is 18.4. The van der Waals surface area contributed by atoms with Gasteiger partial charge in [0.15, 0.2) is 10.4 Å². The van der Waals surface area contributed by atoms with Crippen molar-refractivity contribution >= 4 is 34.1 Å². The highest BCUT2D eigenvalue weighted by Crippen LogP contribution is 2.28. The molecule has 140 valence electrons. The van der Waals surface area contributed by atoms with Crippen molar-refractivity contribution in [2.24, 2.45) is 0 Å². The molecule has 7 heteroatoms. The minimum atomic E-state index is -0.535. The van der Waals surface area contributed by atoms with Gasteiger partial charge < -0.3 is 4.74 Å². The molecule has 1 atom stereocenters. The maximum Gasteiger partial charge on any atom is 0.267 e. The van der Waals surface area contributed by atoms with Gasteiger partial charge in [0.2, 0.25) is 5.13 Å². The van der Waals surface area contributed by atoms with Crippen molar-refractivity contribution in [1.82, 2.24) is 10.2 Å². The third-order valence-corrected chi connectivity index (χ3v) is 6.51.